The Morgan fingerprint density at radius 3 is 2.31 bits per heavy atom. The number of nitrogens with zero attached hydrogens (tertiary/aromatic N) is 2. The fraction of sp³-hybridized carbons (Fsp3) is 0.588. The van der Waals surface area contributed by atoms with Gasteiger partial charge in [-0.1, -0.05) is 0 Å². The molecular formula is C17H26ClN3O4S. The highest BCUT2D eigenvalue weighted by Crippen LogP contribution is 2.27. The molecule has 2 aliphatic rings. The Morgan fingerprint density at radius 2 is 1.77 bits per heavy atom. The van der Waals surface area contributed by atoms with Crippen LogP contribution in [0.25, 0.3) is 0 Å². The standard InChI is InChI=1S/C17H25N3O4S.ClH/c1-24-15-4-6-16(7-5-15)25(22,23)20-10-8-19(9-11-20)17(21)13-18-12-14-2-3-14;/h4-7,14,18H,2-3,8-13H2,1H3;1H. The number of ether oxygens (including phenoxy) is 1. The fourth-order valence-electron chi connectivity index (χ4n) is 2.89. The summed E-state index contributed by atoms with van der Waals surface area (Å²) in [4.78, 5) is 14.2. The van der Waals surface area contributed by atoms with E-state index < -0.39 is 10.0 Å². The van der Waals surface area contributed by atoms with E-state index in [0.29, 0.717) is 38.5 Å². The van der Waals surface area contributed by atoms with Crippen LogP contribution in [0.4, 0.5) is 0 Å². The fourth-order valence-corrected chi connectivity index (χ4v) is 4.31. The minimum atomic E-state index is -3.53. The second kappa shape index (κ2) is 9.03. The van der Waals surface area contributed by atoms with E-state index in [4.69, 9.17) is 4.74 Å². The van der Waals surface area contributed by atoms with Gasteiger partial charge in [-0.2, -0.15) is 4.31 Å². The zero-order valence-corrected chi connectivity index (χ0v) is 16.5. The Morgan fingerprint density at radius 1 is 1.15 bits per heavy atom. The lowest BCUT2D eigenvalue weighted by Gasteiger charge is -2.34. The molecule has 0 aromatic heterocycles. The van der Waals surface area contributed by atoms with Gasteiger partial charge in [-0.05, 0) is 49.6 Å². The molecule has 1 saturated heterocycles. The number of halogens is 1. The number of hydrogen-bond donors (Lipinski definition) is 1. The maximum Gasteiger partial charge on any atom is 0.243 e. The summed E-state index contributed by atoms with van der Waals surface area (Å²) in [5.41, 5.74) is 0. The summed E-state index contributed by atoms with van der Waals surface area (Å²) in [5, 5.41) is 3.19. The summed E-state index contributed by atoms with van der Waals surface area (Å²) < 4.78 is 31.9. The number of rotatable bonds is 7. The van der Waals surface area contributed by atoms with E-state index in [1.165, 1.54) is 17.1 Å². The molecule has 0 unspecified atom stereocenters. The number of benzene rings is 1. The lowest BCUT2D eigenvalue weighted by Crippen LogP contribution is -2.52. The monoisotopic (exact) mass is 403 g/mol. The van der Waals surface area contributed by atoms with Gasteiger partial charge in [-0.3, -0.25) is 4.79 Å². The van der Waals surface area contributed by atoms with Gasteiger partial charge in [0.2, 0.25) is 15.9 Å². The lowest BCUT2D eigenvalue weighted by molar-refractivity contribution is -0.131. The van der Waals surface area contributed by atoms with Gasteiger partial charge in [-0.15, -0.1) is 12.4 Å². The highest BCUT2D eigenvalue weighted by molar-refractivity contribution is 7.89. The molecule has 1 heterocycles. The number of nitrogens with one attached hydrogen (secondary N) is 1. The van der Waals surface area contributed by atoms with Crippen molar-refractivity contribution in [3.63, 3.8) is 0 Å². The van der Waals surface area contributed by atoms with E-state index in [9.17, 15) is 13.2 Å². The van der Waals surface area contributed by atoms with Crippen LogP contribution in [0.5, 0.6) is 5.75 Å². The van der Waals surface area contributed by atoms with E-state index in [2.05, 4.69) is 5.32 Å². The number of amides is 1. The van der Waals surface area contributed by atoms with Crippen molar-refractivity contribution in [3.8, 4) is 5.75 Å². The Hall–Kier alpha value is -1.35. The molecule has 26 heavy (non-hydrogen) atoms. The third kappa shape index (κ3) is 5.09. The summed E-state index contributed by atoms with van der Waals surface area (Å²) in [6.45, 7) is 2.74. The molecular weight excluding hydrogens is 378 g/mol. The van der Waals surface area contributed by atoms with E-state index in [-0.39, 0.29) is 23.2 Å². The average Bonchev–Trinajstić information content (AvgIpc) is 3.46. The highest BCUT2D eigenvalue weighted by Gasteiger charge is 2.30. The molecule has 0 bridgehead atoms. The molecule has 2 fully saturated rings. The number of piperazine rings is 1. The summed E-state index contributed by atoms with van der Waals surface area (Å²) in [5.74, 6) is 1.40. The van der Waals surface area contributed by atoms with Crippen molar-refractivity contribution in [1.82, 2.24) is 14.5 Å². The molecule has 7 nitrogen and oxygen atoms in total. The number of hydrogen-bond acceptors (Lipinski definition) is 5. The van der Waals surface area contributed by atoms with Crippen LogP contribution in [0.3, 0.4) is 0 Å². The molecule has 3 rings (SSSR count). The van der Waals surface area contributed by atoms with Crippen molar-refractivity contribution in [2.45, 2.75) is 17.7 Å². The van der Waals surface area contributed by atoms with E-state index in [0.717, 1.165) is 12.5 Å². The minimum Gasteiger partial charge on any atom is -0.497 e. The second-order valence-corrected chi connectivity index (χ2v) is 8.47. The Labute approximate surface area is 161 Å². The number of sulfonamides is 1. The normalized spacial score (nSPS) is 18.3. The summed E-state index contributed by atoms with van der Waals surface area (Å²) in [7, 11) is -1.99. The summed E-state index contributed by atoms with van der Waals surface area (Å²) in [6, 6.07) is 6.37. The maximum absolute atomic E-state index is 12.7. The largest absolute Gasteiger partial charge is 0.497 e. The Balaban J connectivity index is 0.00000243. The Bertz CT molecular complexity index is 699. The zero-order chi connectivity index (χ0) is 17.9. The molecule has 1 amide bonds. The lowest BCUT2D eigenvalue weighted by atomic mass is 10.3. The van der Waals surface area contributed by atoms with Gasteiger partial charge in [0, 0.05) is 26.2 Å². The molecule has 146 valence electrons. The SMILES string of the molecule is COc1ccc(S(=O)(=O)N2CCN(C(=O)CNCC3CC3)CC2)cc1.Cl. The quantitative estimate of drug-likeness (QED) is 0.733. The summed E-state index contributed by atoms with van der Waals surface area (Å²) >= 11 is 0. The number of carbonyl (C=O) groups is 1. The van der Waals surface area contributed by atoms with Crippen LogP contribution in [0, 0.1) is 5.92 Å². The first-order valence-corrected chi connectivity index (χ1v) is 10.1. The number of carbonyl (C=O) groups excluding carboxylic acids is 1. The van der Waals surface area contributed by atoms with Gasteiger partial charge in [0.15, 0.2) is 0 Å². The first-order chi connectivity index (χ1) is 12.0. The van der Waals surface area contributed by atoms with Gasteiger partial charge in [-0.25, -0.2) is 8.42 Å². The van der Waals surface area contributed by atoms with Crippen molar-refractivity contribution in [1.29, 1.82) is 0 Å². The smallest absolute Gasteiger partial charge is 0.243 e. The van der Waals surface area contributed by atoms with Gasteiger partial charge in [0.25, 0.3) is 0 Å². The molecule has 1 aliphatic carbocycles. The Kier molecular flexibility index (Phi) is 7.28. The third-order valence-corrected chi connectivity index (χ3v) is 6.61. The van der Waals surface area contributed by atoms with Crippen LogP contribution < -0.4 is 10.1 Å². The highest BCUT2D eigenvalue weighted by atomic mass is 35.5. The van der Waals surface area contributed by atoms with Crippen LogP contribution in [0.1, 0.15) is 12.8 Å². The summed E-state index contributed by atoms with van der Waals surface area (Å²) in [6.07, 6.45) is 2.51. The van der Waals surface area contributed by atoms with Crippen molar-refractivity contribution in [2.75, 3.05) is 46.4 Å². The molecule has 1 aliphatic heterocycles. The first kappa shape index (κ1) is 21.0. The van der Waals surface area contributed by atoms with E-state index in [1.807, 2.05) is 0 Å². The van der Waals surface area contributed by atoms with E-state index >= 15 is 0 Å². The zero-order valence-electron chi connectivity index (χ0n) is 14.9. The average molecular weight is 404 g/mol. The molecule has 0 radical (unpaired) electrons. The topological polar surface area (TPSA) is 79.0 Å². The van der Waals surface area contributed by atoms with Gasteiger partial charge >= 0.3 is 0 Å². The second-order valence-electron chi connectivity index (χ2n) is 6.53. The van der Waals surface area contributed by atoms with Crippen LogP contribution >= 0.6 is 12.4 Å². The molecule has 1 saturated carbocycles. The predicted octanol–water partition coefficient (Wildman–Crippen LogP) is 0.949. The molecule has 1 N–H and O–H groups in total. The number of methoxy groups -OCH3 is 1. The van der Waals surface area contributed by atoms with Crippen LogP contribution in [-0.4, -0.2) is 69.9 Å². The van der Waals surface area contributed by atoms with Gasteiger partial charge < -0.3 is 15.0 Å². The molecule has 1 aromatic carbocycles. The van der Waals surface area contributed by atoms with Gasteiger partial charge in [0.05, 0.1) is 18.6 Å². The van der Waals surface area contributed by atoms with Crippen molar-refractivity contribution in [2.24, 2.45) is 5.92 Å². The van der Waals surface area contributed by atoms with E-state index in [1.54, 1.807) is 36.3 Å². The molecule has 9 heteroatoms. The molecule has 0 atom stereocenters. The van der Waals surface area contributed by atoms with Gasteiger partial charge in [0.1, 0.15) is 5.75 Å². The third-order valence-electron chi connectivity index (χ3n) is 4.69. The minimum absolute atomic E-state index is 0. The van der Waals surface area contributed by atoms with Crippen molar-refractivity contribution in [3.05, 3.63) is 24.3 Å². The van der Waals surface area contributed by atoms with Crippen LogP contribution in [0.15, 0.2) is 29.2 Å². The van der Waals surface area contributed by atoms with Crippen LogP contribution in [-0.2, 0) is 14.8 Å². The maximum atomic E-state index is 12.7. The van der Waals surface area contributed by atoms with Crippen molar-refractivity contribution >= 4 is 28.3 Å². The molecule has 0 spiro atoms. The van der Waals surface area contributed by atoms with Crippen LogP contribution in [0.2, 0.25) is 0 Å². The van der Waals surface area contributed by atoms with Crippen molar-refractivity contribution < 1.29 is 17.9 Å². The first-order valence-electron chi connectivity index (χ1n) is 8.63. The predicted molar refractivity (Wildman–Crippen MR) is 101 cm³/mol. The molecule has 1 aromatic rings.